The summed E-state index contributed by atoms with van der Waals surface area (Å²) in [5.41, 5.74) is 0. The summed E-state index contributed by atoms with van der Waals surface area (Å²) in [7, 11) is -0.681. The maximum Gasteiger partial charge on any atom is 0.258 e. The van der Waals surface area contributed by atoms with Crippen molar-refractivity contribution in [3.8, 4) is 0 Å². The van der Waals surface area contributed by atoms with Crippen molar-refractivity contribution in [2.45, 2.75) is 19.3 Å². The molecule has 9 heavy (non-hydrogen) atoms. The summed E-state index contributed by atoms with van der Waals surface area (Å²) in [5, 5.41) is 0. The first-order valence-corrected chi connectivity index (χ1v) is 6.36. The molecule has 0 amide bonds. The highest BCUT2D eigenvalue weighted by Crippen LogP contribution is 1.96. The lowest BCUT2D eigenvalue weighted by Gasteiger charge is -1.97. The zero-order chi connectivity index (χ0) is 6.95. The van der Waals surface area contributed by atoms with Crippen LogP contribution in [0, 0.1) is 0 Å². The Morgan fingerprint density at radius 3 is 2.56 bits per heavy atom. The van der Waals surface area contributed by atoms with Crippen LogP contribution >= 0.6 is 22.7 Å². The zero-order valence-electron chi connectivity index (χ0n) is 5.41. The van der Waals surface area contributed by atoms with Crippen molar-refractivity contribution in [1.29, 1.82) is 0 Å². The van der Waals surface area contributed by atoms with Gasteiger partial charge in [0.25, 0.3) is 9.07 Å². The predicted octanol–water partition coefficient (Wildman–Crippen LogP) is 1.65. The quantitative estimate of drug-likeness (QED) is 0.266. The molecule has 4 heteroatoms. The van der Waals surface area contributed by atoms with Crippen LogP contribution in [0.1, 0.15) is 19.3 Å². The second-order valence-electron chi connectivity index (χ2n) is 1.77. The van der Waals surface area contributed by atoms with Crippen molar-refractivity contribution in [3.63, 3.8) is 0 Å². The smallest absolute Gasteiger partial charge is 0.258 e. The molecule has 0 N–H and O–H groups in total. The predicted molar refractivity (Wildman–Crippen MR) is 44.9 cm³/mol. The highest BCUT2D eigenvalue weighted by atomic mass is 35.6. The van der Waals surface area contributed by atoms with E-state index in [0.29, 0.717) is 0 Å². The van der Waals surface area contributed by atoms with E-state index in [0.717, 1.165) is 31.7 Å². The monoisotopic (exact) mass is 186 g/mol. The van der Waals surface area contributed by atoms with Gasteiger partial charge in [0.1, 0.15) is 0 Å². The van der Waals surface area contributed by atoms with Crippen molar-refractivity contribution in [2.24, 2.45) is 0 Å². The number of halogens is 2. The summed E-state index contributed by atoms with van der Waals surface area (Å²) in [5.74, 6) is 0.762. The Labute approximate surface area is 68.3 Å². The molecule has 0 spiro atoms. The number of hydrogen-bond donors (Lipinski definition) is 0. The fraction of sp³-hybridized carbons (Fsp3) is 1.00. The van der Waals surface area contributed by atoms with E-state index < -0.39 is 9.07 Å². The van der Waals surface area contributed by atoms with E-state index in [1.807, 2.05) is 0 Å². The number of unbranched alkanes of at least 4 members (excludes halogenated alkanes) is 2. The molecule has 0 unspecified atom stereocenters. The van der Waals surface area contributed by atoms with Crippen molar-refractivity contribution in [3.05, 3.63) is 0 Å². The second-order valence-corrected chi connectivity index (χ2v) is 3.43. The normalized spacial score (nSPS) is 11.3. The molecule has 0 rings (SSSR count). The van der Waals surface area contributed by atoms with Gasteiger partial charge in [-0.2, -0.15) is 0 Å². The maximum atomic E-state index is 5.46. The van der Waals surface area contributed by atoms with Gasteiger partial charge in [0.15, 0.2) is 0 Å². The molecule has 0 aliphatic rings. The average molecular weight is 187 g/mol. The van der Waals surface area contributed by atoms with E-state index in [2.05, 4.69) is 0 Å². The third-order valence-corrected chi connectivity index (χ3v) is 2.17. The summed E-state index contributed by atoms with van der Waals surface area (Å²) in [6, 6.07) is 0. The first-order valence-electron chi connectivity index (χ1n) is 3.11. The molecule has 56 valence electrons. The summed E-state index contributed by atoms with van der Waals surface area (Å²) in [6.45, 7) is 0.826. The minimum Gasteiger partial charge on any atom is -0.408 e. The van der Waals surface area contributed by atoms with Crippen LogP contribution in [0.4, 0.5) is 0 Å². The SMILES string of the molecule is ClCCCCCO[SiH2]Cl. The number of alkyl halides is 1. The third-order valence-electron chi connectivity index (χ3n) is 0.999. The first kappa shape index (κ1) is 9.76. The molecular formula is C5H12Cl2OSi. The minimum absolute atomic E-state index is 0.681. The van der Waals surface area contributed by atoms with Crippen LogP contribution in [-0.2, 0) is 4.43 Å². The molecule has 0 saturated carbocycles. The summed E-state index contributed by atoms with van der Waals surface area (Å²) in [4.78, 5) is 0. The van der Waals surface area contributed by atoms with E-state index >= 15 is 0 Å². The van der Waals surface area contributed by atoms with Gasteiger partial charge in [-0.25, -0.2) is 0 Å². The Hall–Kier alpha value is 0.757. The molecule has 0 atom stereocenters. The van der Waals surface area contributed by atoms with E-state index in [1.165, 1.54) is 0 Å². The van der Waals surface area contributed by atoms with Crippen LogP contribution in [0.3, 0.4) is 0 Å². The van der Waals surface area contributed by atoms with Gasteiger partial charge in [-0.05, 0) is 12.8 Å². The largest absolute Gasteiger partial charge is 0.408 e. The average Bonchev–Trinajstić information content (AvgIpc) is 1.89. The van der Waals surface area contributed by atoms with Crippen molar-refractivity contribution in [2.75, 3.05) is 12.5 Å². The van der Waals surface area contributed by atoms with Crippen LogP contribution in [0.2, 0.25) is 0 Å². The summed E-state index contributed by atoms with van der Waals surface area (Å²) in [6.07, 6.45) is 3.36. The molecule has 1 nitrogen and oxygen atoms in total. The molecule has 0 bridgehead atoms. The minimum atomic E-state index is -0.681. The maximum absolute atomic E-state index is 5.46. The zero-order valence-corrected chi connectivity index (χ0v) is 8.33. The molecule has 0 aromatic rings. The second kappa shape index (κ2) is 8.76. The van der Waals surface area contributed by atoms with Gasteiger partial charge >= 0.3 is 0 Å². The van der Waals surface area contributed by atoms with Crippen molar-refractivity contribution in [1.82, 2.24) is 0 Å². The molecule has 0 saturated heterocycles. The van der Waals surface area contributed by atoms with Gasteiger partial charge in [0.05, 0.1) is 0 Å². The summed E-state index contributed by atoms with van der Waals surface area (Å²) >= 11 is 10.9. The molecule has 0 aromatic heterocycles. The van der Waals surface area contributed by atoms with Gasteiger partial charge in [0.2, 0.25) is 0 Å². The van der Waals surface area contributed by atoms with Crippen molar-refractivity contribution < 1.29 is 4.43 Å². The van der Waals surface area contributed by atoms with E-state index in [9.17, 15) is 0 Å². The lowest BCUT2D eigenvalue weighted by molar-refractivity contribution is 0.331. The fourth-order valence-corrected chi connectivity index (χ4v) is 1.36. The molecule has 0 heterocycles. The first-order chi connectivity index (χ1) is 4.41. The molecule has 0 aliphatic heterocycles. The Kier molecular flexibility index (Phi) is 9.49. The lowest BCUT2D eigenvalue weighted by atomic mass is 10.3. The highest BCUT2D eigenvalue weighted by Gasteiger charge is 1.86. The molecular weight excluding hydrogens is 175 g/mol. The molecule has 0 aromatic carbocycles. The van der Waals surface area contributed by atoms with Crippen molar-refractivity contribution >= 4 is 31.8 Å². The van der Waals surface area contributed by atoms with Gasteiger partial charge in [-0.3, -0.25) is 0 Å². The van der Waals surface area contributed by atoms with Gasteiger partial charge in [-0.1, -0.05) is 6.42 Å². The number of hydrogen-bond acceptors (Lipinski definition) is 1. The van der Waals surface area contributed by atoms with Crippen LogP contribution in [0.25, 0.3) is 0 Å². The molecule has 0 aliphatic carbocycles. The van der Waals surface area contributed by atoms with E-state index in [4.69, 9.17) is 27.1 Å². The standard InChI is InChI=1S/C5H12Cl2OSi/c6-4-2-1-3-5-8-9-7/h1-5,9H2. The Balaban J connectivity index is 2.60. The van der Waals surface area contributed by atoms with Crippen LogP contribution < -0.4 is 0 Å². The lowest BCUT2D eigenvalue weighted by Crippen LogP contribution is -1.94. The topological polar surface area (TPSA) is 9.23 Å². The molecule has 0 radical (unpaired) electrons. The Morgan fingerprint density at radius 1 is 1.22 bits per heavy atom. The van der Waals surface area contributed by atoms with Crippen LogP contribution in [0.5, 0.6) is 0 Å². The fourth-order valence-electron chi connectivity index (χ4n) is 0.530. The number of rotatable bonds is 6. The van der Waals surface area contributed by atoms with Gasteiger partial charge in [-0.15, -0.1) is 22.7 Å². The van der Waals surface area contributed by atoms with E-state index in [1.54, 1.807) is 0 Å². The third kappa shape index (κ3) is 8.76. The highest BCUT2D eigenvalue weighted by molar-refractivity contribution is 6.89. The molecule has 0 fully saturated rings. The van der Waals surface area contributed by atoms with Gasteiger partial charge in [0, 0.05) is 12.5 Å². The van der Waals surface area contributed by atoms with E-state index in [-0.39, 0.29) is 0 Å². The Morgan fingerprint density at radius 2 is 2.00 bits per heavy atom. The summed E-state index contributed by atoms with van der Waals surface area (Å²) < 4.78 is 5.04. The van der Waals surface area contributed by atoms with Gasteiger partial charge < -0.3 is 4.43 Å². The Bertz CT molecular complexity index is 48.2. The van der Waals surface area contributed by atoms with Crippen LogP contribution in [0.15, 0.2) is 0 Å². The van der Waals surface area contributed by atoms with Crippen LogP contribution in [-0.4, -0.2) is 21.6 Å².